The molecule has 0 fully saturated rings. The maximum absolute atomic E-state index is 11.2. The van der Waals surface area contributed by atoms with Crippen molar-refractivity contribution in [1.82, 2.24) is 5.32 Å². The SMILES string of the molecule is O=C(NCCCO)C1=CN=CC1. The van der Waals surface area contributed by atoms with E-state index in [-0.39, 0.29) is 12.5 Å². The van der Waals surface area contributed by atoms with Gasteiger partial charge in [-0.1, -0.05) is 0 Å². The van der Waals surface area contributed by atoms with Crippen LogP contribution in [0.2, 0.25) is 0 Å². The Morgan fingerprint density at radius 1 is 1.75 bits per heavy atom. The van der Waals surface area contributed by atoms with Crippen LogP contribution in [0.1, 0.15) is 12.8 Å². The van der Waals surface area contributed by atoms with Crippen molar-refractivity contribution in [3.63, 3.8) is 0 Å². The van der Waals surface area contributed by atoms with E-state index in [9.17, 15) is 4.79 Å². The average molecular weight is 168 g/mol. The molecule has 0 atom stereocenters. The zero-order chi connectivity index (χ0) is 8.81. The third-order valence-corrected chi connectivity index (χ3v) is 1.56. The van der Waals surface area contributed by atoms with Gasteiger partial charge >= 0.3 is 0 Å². The Morgan fingerprint density at radius 2 is 2.58 bits per heavy atom. The molecule has 12 heavy (non-hydrogen) atoms. The van der Waals surface area contributed by atoms with Gasteiger partial charge in [0.1, 0.15) is 0 Å². The Morgan fingerprint density at radius 3 is 3.17 bits per heavy atom. The van der Waals surface area contributed by atoms with Gasteiger partial charge in [0.05, 0.1) is 0 Å². The normalized spacial score (nSPS) is 14.6. The molecule has 0 aliphatic carbocycles. The number of amides is 1. The lowest BCUT2D eigenvalue weighted by molar-refractivity contribution is -0.117. The third kappa shape index (κ3) is 2.47. The number of aliphatic imine (C=N–C) groups is 1. The lowest BCUT2D eigenvalue weighted by Crippen LogP contribution is -2.26. The fraction of sp³-hybridized carbons (Fsp3) is 0.500. The minimum Gasteiger partial charge on any atom is -0.396 e. The molecule has 4 nitrogen and oxygen atoms in total. The molecule has 0 bridgehead atoms. The van der Waals surface area contributed by atoms with Gasteiger partial charge in [-0.25, -0.2) is 0 Å². The number of hydrogen-bond acceptors (Lipinski definition) is 3. The van der Waals surface area contributed by atoms with Crippen LogP contribution in [0.5, 0.6) is 0 Å². The number of rotatable bonds is 4. The first-order chi connectivity index (χ1) is 5.84. The summed E-state index contributed by atoms with van der Waals surface area (Å²) in [5.74, 6) is -0.0825. The summed E-state index contributed by atoms with van der Waals surface area (Å²) in [5, 5.41) is 11.1. The molecule has 1 aliphatic heterocycles. The highest BCUT2D eigenvalue weighted by Gasteiger charge is 2.09. The van der Waals surface area contributed by atoms with Crippen molar-refractivity contribution in [2.24, 2.45) is 4.99 Å². The van der Waals surface area contributed by atoms with Crippen LogP contribution >= 0.6 is 0 Å². The largest absolute Gasteiger partial charge is 0.396 e. The van der Waals surface area contributed by atoms with Gasteiger partial charge in [-0.05, 0) is 6.42 Å². The van der Waals surface area contributed by atoms with E-state index in [0.29, 0.717) is 25.0 Å². The van der Waals surface area contributed by atoms with Crippen molar-refractivity contribution >= 4 is 12.1 Å². The minimum absolute atomic E-state index is 0.0825. The second-order valence-electron chi connectivity index (χ2n) is 2.52. The molecule has 1 heterocycles. The Kier molecular flexibility index (Phi) is 3.47. The first kappa shape index (κ1) is 8.93. The summed E-state index contributed by atoms with van der Waals surface area (Å²) in [6, 6.07) is 0. The summed E-state index contributed by atoms with van der Waals surface area (Å²) < 4.78 is 0. The molecule has 1 rings (SSSR count). The summed E-state index contributed by atoms with van der Waals surface area (Å²) in [6.07, 6.45) is 4.47. The summed E-state index contributed by atoms with van der Waals surface area (Å²) in [4.78, 5) is 15.0. The summed E-state index contributed by atoms with van der Waals surface area (Å²) >= 11 is 0. The quantitative estimate of drug-likeness (QED) is 0.573. The maximum atomic E-state index is 11.2. The molecular formula is C8H12N2O2. The molecule has 4 heteroatoms. The Bertz CT molecular complexity index is 221. The smallest absolute Gasteiger partial charge is 0.249 e. The van der Waals surface area contributed by atoms with Crippen molar-refractivity contribution in [3.05, 3.63) is 11.8 Å². The Labute approximate surface area is 71.0 Å². The van der Waals surface area contributed by atoms with E-state index in [1.807, 2.05) is 0 Å². The van der Waals surface area contributed by atoms with Crippen molar-refractivity contribution < 1.29 is 9.90 Å². The molecule has 0 unspecified atom stereocenters. The molecule has 66 valence electrons. The van der Waals surface area contributed by atoms with E-state index in [4.69, 9.17) is 5.11 Å². The van der Waals surface area contributed by atoms with Gasteiger partial charge in [0, 0.05) is 37.6 Å². The molecule has 0 aromatic carbocycles. The third-order valence-electron chi connectivity index (χ3n) is 1.56. The van der Waals surface area contributed by atoms with E-state index in [2.05, 4.69) is 10.3 Å². The fourth-order valence-corrected chi connectivity index (χ4v) is 0.892. The van der Waals surface area contributed by atoms with Crippen molar-refractivity contribution in [3.8, 4) is 0 Å². The van der Waals surface area contributed by atoms with Crippen LogP contribution in [0.4, 0.5) is 0 Å². The average Bonchev–Trinajstić information content (AvgIpc) is 2.56. The number of aliphatic hydroxyl groups is 1. The fourth-order valence-electron chi connectivity index (χ4n) is 0.892. The predicted octanol–water partition coefficient (Wildman–Crippen LogP) is -0.157. The summed E-state index contributed by atoms with van der Waals surface area (Å²) in [5.41, 5.74) is 0.688. The van der Waals surface area contributed by atoms with E-state index in [1.165, 1.54) is 0 Å². The number of carbonyl (C=O) groups is 1. The van der Waals surface area contributed by atoms with Crippen LogP contribution in [-0.2, 0) is 4.79 Å². The van der Waals surface area contributed by atoms with Gasteiger partial charge in [0.15, 0.2) is 0 Å². The van der Waals surface area contributed by atoms with Gasteiger partial charge < -0.3 is 10.4 Å². The summed E-state index contributed by atoms with van der Waals surface area (Å²) in [7, 11) is 0. The van der Waals surface area contributed by atoms with E-state index < -0.39 is 0 Å². The first-order valence-corrected chi connectivity index (χ1v) is 3.94. The molecule has 0 spiro atoms. The number of carbonyl (C=O) groups excluding carboxylic acids is 1. The van der Waals surface area contributed by atoms with Crippen LogP contribution in [-0.4, -0.2) is 30.4 Å². The van der Waals surface area contributed by atoms with Crippen LogP contribution in [0.3, 0.4) is 0 Å². The van der Waals surface area contributed by atoms with Crippen LogP contribution in [0.25, 0.3) is 0 Å². The first-order valence-electron chi connectivity index (χ1n) is 3.94. The Balaban J connectivity index is 2.20. The highest BCUT2D eigenvalue weighted by Crippen LogP contribution is 2.05. The zero-order valence-corrected chi connectivity index (χ0v) is 6.79. The minimum atomic E-state index is -0.0825. The van der Waals surface area contributed by atoms with E-state index in [0.717, 1.165) is 0 Å². The lowest BCUT2D eigenvalue weighted by atomic mass is 10.2. The monoisotopic (exact) mass is 168 g/mol. The van der Waals surface area contributed by atoms with E-state index in [1.54, 1.807) is 12.4 Å². The maximum Gasteiger partial charge on any atom is 0.249 e. The second kappa shape index (κ2) is 4.66. The topological polar surface area (TPSA) is 61.7 Å². The van der Waals surface area contributed by atoms with Gasteiger partial charge in [0.25, 0.3) is 0 Å². The number of hydrogen-bond donors (Lipinski definition) is 2. The van der Waals surface area contributed by atoms with E-state index >= 15 is 0 Å². The number of nitrogens with zero attached hydrogens (tertiary/aromatic N) is 1. The van der Waals surface area contributed by atoms with Crippen molar-refractivity contribution in [2.45, 2.75) is 12.8 Å². The molecule has 0 saturated heterocycles. The van der Waals surface area contributed by atoms with Gasteiger partial charge in [0.2, 0.25) is 5.91 Å². The highest BCUT2D eigenvalue weighted by atomic mass is 16.3. The molecule has 2 N–H and O–H groups in total. The molecular weight excluding hydrogens is 156 g/mol. The lowest BCUT2D eigenvalue weighted by Gasteiger charge is -2.02. The summed E-state index contributed by atoms with van der Waals surface area (Å²) in [6.45, 7) is 0.627. The second-order valence-corrected chi connectivity index (χ2v) is 2.52. The highest BCUT2D eigenvalue weighted by molar-refractivity contribution is 5.97. The van der Waals surface area contributed by atoms with Gasteiger partial charge in [-0.15, -0.1) is 0 Å². The predicted molar refractivity (Wildman–Crippen MR) is 45.9 cm³/mol. The Hall–Kier alpha value is -1.16. The molecule has 1 aliphatic rings. The van der Waals surface area contributed by atoms with Gasteiger partial charge in [-0.3, -0.25) is 9.79 Å². The molecule has 1 amide bonds. The van der Waals surface area contributed by atoms with Crippen LogP contribution < -0.4 is 5.32 Å². The standard InChI is InChI=1S/C8H12N2O2/c11-5-1-3-10-8(12)7-2-4-9-6-7/h4,6,11H,1-3,5H2,(H,10,12). The molecule has 0 radical (unpaired) electrons. The van der Waals surface area contributed by atoms with Gasteiger partial charge in [-0.2, -0.15) is 0 Å². The molecule has 0 aromatic heterocycles. The zero-order valence-electron chi connectivity index (χ0n) is 6.79. The van der Waals surface area contributed by atoms with Crippen LogP contribution in [0, 0.1) is 0 Å². The number of aliphatic hydroxyl groups excluding tert-OH is 1. The molecule has 0 saturated carbocycles. The van der Waals surface area contributed by atoms with Crippen molar-refractivity contribution in [1.29, 1.82) is 0 Å². The van der Waals surface area contributed by atoms with Crippen LogP contribution in [0.15, 0.2) is 16.8 Å². The number of nitrogens with one attached hydrogen (secondary N) is 1. The van der Waals surface area contributed by atoms with Crippen molar-refractivity contribution in [2.75, 3.05) is 13.2 Å². The molecule has 0 aromatic rings.